The van der Waals surface area contributed by atoms with Gasteiger partial charge in [-0.05, 0) is 38.1 Å². The molecule has 4 nitrogen and oxygen atoms in total. The molecular weight excluding hydrogens is 234 g/mol. The molecule has 0 amide bonds. The number of rotatable bonds is 4. The first-order chi connectivity index (χ1) is 8.19. The van der Waals surface area contributed by atoms with Crippen molar-refractivity contribution in [1.29, 1.82) is 0 Å². The van der Waals surface area contributed by atoms with Gasteiger partial charge in [-0.15, -0.1) is 10.2 Å². The Hall–Kier alpha value is -1.62. The fraction of sp³-hybridized carbons (Fsp3) is 0.333. The van der Waals surface area contributed by atoms with Gasteiger partial charge in [0.1, 0.15) is 10.8 Å². The highest BCUT2D eigenvalue weighted by molar-refractivity contribution is 7.18. The van der Waals surface area contributed by atoms with Gasteiger partial charge in [0.15, 0.2) is 0 Å². The zero-order valence-corrected chi connectivity index (χ0v) is 10.9. The number of nitrogens with zero attached hydrogens (tertiary/aromatic N) is 2. The Kier molecular flexibility index (Phi) is 3.58. The van der Waals surface area contributed by atoms with Crippen LogP contribution < -0.4 is 10.1 Å². The molecule has 1 N–H and O–H groups in total. The second-order valence-electron chi connectivity index (χ2n) is 3.85. The van der Waals surface area contributed by atoms with E-state index in [1.165, 1.54) is 11.3 Å². The average Bonchev–Trinajstić information content (AvgIpc) is 2.78. The monoisotopic (exact) mass is 249 g/mol. The molecule has 1 aromatic carbocycles. The van der Waals surface area contributed by atoms with Gasteiger partial charge in [-0.2, -0.15) is 0 Å². The first-order valence-corrected chi connectivity index (χ1v) is 6.29. The van der Waals surface area contributed by atoms with E-state index in [4.69, 9.17) is 4.74 Å². The fourth-order valence-electron chi connectivity index (χ4n) is 1.39. The second-order valence-corrected chi connectivity index (χ2v) is 4.83. The number of benzene rings is 1. The standard InChI is InChI=1S/C12H15N3OS/c1-8(2)16-10-6-4-9(5-7-10)11-14-15-12(13-3)17-11/h4-8H,1-3H3,(H,13,15). The quantitative estimate of drug-likeness (QED) is 0.904. The molecule has 1 heterocycles. The molecule has 0 radical (unpaired) electrons. The number of hydrogen-bond acceptors (Lipinski definition) is 5. The molecule has 17 heavy (non-hydrogen) atoms. The Labute approximate surface area is 105 Å². The smallest absolute Gasteiger partial charge is 0.205 e. The Balaban J connectivity index is 2.17. The van der Waals surface area contributed by atoms with E-state index in [2.05, 4.69) is 15.5 Å². The zero-order chi connectivity index (χ0) is 12.3. The molecule has 0 saturated carbocycles. The zero-order valence-electron chi connectivity index (χ0n) is 10.1. The van der Waals surface area contributed by atoms with Gasteiger partial charge in [-0.3, -0.25) is 0 Å². The molecule has 0 aliphatic rings. The number of aromatic nitrogens is 2. The van der Waals surface area contributed by atoms with Crippen LogP contribution in [0.15, 0.2) is 24.3 Å². The summed E-state index contributed by atoms with van der Waals surface area (Å²) in [6.45, 7) is 4.02. The van der Waals surface area contributed by atoms with Gasteiger partial charge in [0.25, 0.3) is 0 Å². The highest BCUT2D eigenvalue weighted by Gasteiger charge is 2.05. The van der Waals surface area contributed by atoms with E-state index in [-0.39, 0.29) is 6.10 Å². The third-order valence-electron chi connectivity index (χ3n) is 2.11. The van der Waals surface area contributed by atoms with Crippen molar-refractivity contribution < 1.29 is 4.74 Å². The summed E-state index contributed by atoms with van der Waals surface area (Å²) in [6.07, 6.45) is 0.193. The minimum Gasteiger partial charge on any atom is -0.491 e. The number of nitrogens with one attached hydrogen (secondary N) is 1. The molecule has 0 saturated heterocycles. The van der Waals surface area contributed by atoms with Crippen LogP contribution in [0.2, 0.25) is 0 Å². The summed E-state index contributed by atoms with van der Waals surface area (Å²) in [5, 5.41) is 12.8. The molecule has 1 aromatic heterocycles. The first kappa shape index (κ1) is 11.9. The van der Waals surface area contributed by atoms with Crippen LogP contribution >= 0.6 is 11.3 Å². The molecule has 2 aromatic rings. The van der Waals surface area contributed by atoms with E-state index in [1.54, 1.807) is 0 Å². The minimum absolute atomic E-state index is 0.193. The molecule has 0 unspecified atom stereocenters. The van der Waals surface area contributed by atoms with Gasteiger partial charge in [0.05, 0.1) is 6.10 Å². The molecule has 5 heteroatoms. The van der Waals surface area contributed by atoms with E-state index in [0.717, 1.165) is 21.5 Å². The summed E-state index contributed by atoms with van der Waals surface area (Å²) in [6, 6.07) is 7.90. The average molecular weight is 249 g/mol. The SMILES string of the molecule is CNc1nnc(-c2ccc(OC(C)C)cc2)s1. The van der Waals surface area contributed by atoms with Crippen LogP contribution in [0.3, 0.4) is 0 Å². The highest BCUT2D eigenvalue weighted by atomic mass is 32.1. The Bertz CT molecular complexity index is 479. The summed E-state index contributed by atoms with van der Waals surface area (Å²) in [4.78, 5) is 0. The number of anilines is 1. The molecule has 0 aliphatic heterocycles. The normalized spacial score (nSPS) is 10.6. The van der Waals surface area contributed by atoms with E-state index in [1.807, 2.05) is 45.2 Å². The van der Waals surface area contributed by atoms with Crippen LogP contribution in [0, 0.1) is 0 Å². The van der Waals surface area contributed by atoms with Gasteiger partial charge >= 0.3 is 0 Å². The first-order valence-electron chi connectivity index (χ1n) is 5.47. The predicted molar refractivity (Wildman–Crippen MR) is 70.7 cm³/mol. The van der Waals surface area contributed by atoms with Crippen molar-refractivity contribution >= 4 is 16.5 Å². The summed E-state index contributed by atoms with van der Waals surface area (Å²) in [5.74, 6) is 0.877. The summed E-state index contributed by atoms with van der Waals surface area (Å²) >= 11 is 1.53. The highest BCUT2D eigenvalue weighted by Crippen LogP contribution is 2.27. The number of hydrogen-bond donors (Lipinski definition) is 1. The fourth-order valence-corrected chi connectivity index (χ4v) is 2.09. The summed E-state index contributed by atoms with van der Waals surface area (Å²) < 4.78 is 5.59. The lowest BCUT2D eigenvalue weighted by atomic mass is 10.2. The van der Waals surface area contributed by atoms with Crippen molar-refractivity contribution in [3.63, 3.8) is 0 Å². The molecular formula is C12H15N3OS. The van der Waals surface area contributed by atoms with E-state index in [0.29, 0.717) is 0 Å². The van der Waals surface area contributed by atoms with Crippen LogP contribution in [0.1, 0.15) is 13.8 Å². The van der Waals surface area contributed by atoms with Crippen molar-refractivity contribution in [2.24, 2.45) is 0 Å². The lowest BCUT2D eigenvalue weighted by molar-refractivity contribution is 0.242. The predicted octanol–water partition coefficient (Wildman–Crippen LogP) is 3.03. The maximum atomic E-state index is 5.59. The van der Waals surface area contributed by atoms with Crippen molar-refractivity contribution in [1.82, 2.24) is 10.2 Å². The van der Waals surface area contributed by atoms with Gasteiger partial charge in [-0.25, -0.2) is 0 Å². The number of ether oxygens (including phenoxy) is 1. The van der Waals surface area contributed by atoms with Crippen LogP contribution in [-0.2, 0) is 0 Å². The van der Waals surface area contributed by atoms with Crippen molar-refractivity contribution in [3.8, 4) is 16.3 Å². The van der Waals surface area contributed by atoms with Gasteiger partial charge < -0.3 is 10.1 Å². The molecule has 90 valence electrons. The van der Waals surface area contributed by atoms with Gasteiger partial charge in [0.2, 0.25) is 5.13 Å². The molecule has 0 bridgehead atoms. The maximum absolute atomic E-state index is 5.59. The minimum atomic E-state index is 0.193. The Morgan fingerprint density at radius 3 is 2.41 bits per heavy atom. The van der Waals surface area contributed by atoms with Crippen LogP contribution in [0.25, 0.3) is 10.6 Å². The largest absolute Gasteiger partial charge is 0.491 e. The summed E-state index contributed by atoms with van der Waals surface area (Å²) in [5.41, 5.74) is 1.06. The molecule has 0 aliphatic carbocycles. The lowest BCUT2D eigenvalue weighted by Gasteiger charge is -2.09. The van der Waals surface area contributed by atoms with E-state index in [9.17, 15) is 0 Å². The maximum Gasteiger partial charge on any atom is 0.205 e. The lowest BCUT2D eigenvalue weighted by Crippen LogP contribution is -2.05. The van der Waals surface area contributed by atoms with Crippen LogP contribution in [-0.4, -0.2) is 23.3 Å². The Morgan fingerprint density at radius 1 is 1.18 bits per heavy atom. The van der Waals surface area contributed by atoms with Gasteiger partial charge in [-0.1, -0.05) is 11.3 Å². The summed E-state index contributed by atoms with van der Waals surface area (Å²) in [7, 11) is 1.84. The van der Waals surface area contributed by atoms with Crippen molar-refractivity contribution in [2.45, 2.75) is 20.0 Å². The Morgan fingerprint density at radius 2 is 1.88 bits per heavy atom. The van der Waals surface area contributed by atoms with Crippen molar-refractivity contribution in [3.05, 3.63) is 24.3 Å². The van der Waals surface area contributed by atoms with E-state index < -0.39 is 0 Å². The molecule has 0 fully saturated rings. The topological polar surface area (TPSA) is 47.0 Å². The van der Waals surface area contributed by atoms with E-state index >= 15 is 0 Å². The van der Waals surface area contributed by atoms with Crippen LogP contribution in [0.4, 0.5) is 5.13 Å². The third kappa shape index (κ3) is 2.94. The second kappa shape index (κ2) is 5.14. The van der Waals surface area contributed by atoms with Crippen molar-refractivity contribution in [2.75, 3.05) is 12.4 Å². The van der Waals surface area contributed by atoms with Gasteiger partial charge in [0, 0.05) is 12.6 Å². The molecule has 0 atom stereocenters. The third-order valence-corrected chi connectivity index (χ3v) is 3.10. The van der Waals surface area contributed by atoms with Crippen LogP contribution in [0.5, 0.6) is 5.75 Å². The molecule has 0 spiro atoms. The molecule has 2 rings (SSSR count).